The normalized spacial score (nSPS) is 10.7. The highest BCUT2D eigenvalue weighted by molar-refractivity contribution is 7.99. The van der Waals surface area contributed by atoms with Crippen LogP contribution in [0.5, 0.6) is 0 Å². The van der Waals surface area contributed by atoms with Crippen LogP contribution in [0, 0.1) is 0 Å². The van der Waals surface area contributed by atoms with Gasteiger partial charge < -0.3 is 5.73 Å². The van der Waals surface area contributed by atoms with Crippen molar-refractivity contribution in [2.45, 2.75) is 9.92 Å². The van der Waals surface area contributed by atoms with Crippen LogP contribution in [0.2, 0.25) is 0 Å². The van der Waals surface area contributed by atoms with Crippen LogP contribution < -0.4 is 5.73 Å². The Kier molecular flexibility index (Phi) is 2.86. The fraction of sp³-hybridized carbons (Fsp3) is 0. The van der Waals surface area contributed by atoms with Crippen molar-refractivity contribution in [2.24, 2.45) is 0 Å². The standard InChI is InChI=1S/C14H11N3S/c15-13-8-17-14(9-16-13)18-12-6-5-10-3-1-2-4-11(10)7-12/h1-9H,(H2,15,16). The number of nitrogen functional groups attached to an aromatic ring is 1. The van der Waals surface area contributed by atoms with Crippen LogP contribution >= 0.6 is 11.8 Å². The maximum atomic E-state index is 5.51. The zero-order valence-corrected chi connectivity index (χ0v) is 10.4. The minimum Gasteiger partial charge on any atom is -0.382 e. The second-order valence-corrected chi connectivity index (χ2v) is 4.98. The molecule has 0 aliphatic heterocycles. The van der Waals surface area contributed by atoms with Gasteiger partial charge in [0.05, 0.1) is 12.4 Å². The molecule has 0 bridgehead atoms. The average Bonchev–Trinajstić information content (AvgIpc) is 2.41. The first-order chi connectivity index (χ1) is 8.81. The SMILES string of the molecule is Nc1cnc(Sc2ccc3ccccc3c2)cn1. The maximum Gasteiger partial charge on any atom is 0.141 e. The molecular formula is C14H11N3S. The number of anilines is 1. The fourth-order valence-corrected chi connectivity index (χ4v) is 2.50. The van der Waals surface area contributed by atoms with Crippen LogP contribution in [0.15, 0.2) is 64.8 Å². The van der Waals surface area contributed by atoms with E-state index < -0.39 is 0 Å². The van der Waals surface area contributed by atoms with Crippen LogP contribution in [-0.4, -0.2) is 9.97 Å². The minimum absolute atomic E-state index is 0.442. The molecule has 4 heteroatoms. The highest BCUT2D eigenvalue weighted by atomic mass is 32.2. The first-order valence-electron chi connectivity index (χ1n) is 5.55. The second kappa shape index (κ2) is 4.66. The Morgan fingerprint density at radius 2 is 1.72 bits per heavy atom. The van der Waals surface area contributed by atoms with E-state index in [2.05, 4.69) is 40.3 Å². The molecule has 0 saturated heterocycles. The van der Waals surface area contributed by atoms with Gasteiger partial charge in [-0.15, -0.1) is 0 Å². The lowest BCUT2D eigenvalue weighted by molar-refractivity contribution is 1.06. The van der Waals surface area contributed by atoms with Gasteiger partial charge in [0.25, 0.3) is 0 Å². The van der Waals surface area contributed by atoms with Gasteiger partial charge in [0.15, 0.2) is 0 Å². The molecule has 18 heavy (non-hydrogen) atoms. The average molecular weight is 253 g/mol. The lowest BCUT2D eigenvalue weighted by Crippen LogP contribution is -1.91. The molecule has 0 atom stereocenters. The largest absolute Gasteiger partial charge is 0.382 e. The number of hydrogen-bond donors (Lipinski definition) is 1. The smallest absolute Gasteiger partial charge is 0.141 e. The summed E-state index contributed by atoms with van der Waals surface area (Å²) in [5.74, 6) is 0.442. The molecule has 0 spiro atoms. The second-order valence-electron chi connectivity index (χ2n) is 3.89. The summed E-state index contributed by atoms with van der Waals surface area (Å²) in [4.78, 5) is 9.41. The Balaban J connectivity index is 1.92. The third-order valence-electron chi connectivity index (χ3n) is 2.59. The molecule has 0 aliphatic carbocycles. The summed E-state index contributed by atoms with van der Waals surface area (Å²) in [5.41, 5.74) is 5.51. The predicted octanol–water partition coefficient (Wildman–Crippen LogP) is 3.36. The van der Waals surface area contributed by atoms with Crippen molar-refractivity contribution < 1.29 is 0 Å². The van der Waals surface area contributed by atoms with E-state index in [1.165, 1.54) is 10.8 Å². The molecule has 1 aromatic heterocycles. The maximum absolute atomic E-state index is 5.51. The van der Waals surface area contributed by atoms with Crippen LogP contribution in [-0.2, 0) is 0 Å². The Hall–Kier alpha value is -2.07. The molecule has 3 aromatic rings. The van der Waals surface area contributed by atoms with E-state index in [-0.39, 0.29) is 0 Å². The van der Waals surface area contributed by atoms with Crippen LogP contribution in [0.25, 0.3) is 10.8 Å². The van der Waals surface area contributed by atoms with Gasteiger partial charge in [-0.25, -0.2) is 9.97 Å². The van der Waals surface area contributed by atoms with Gasteiger partial charge in [0, 0.05) is 4.90 Å². The van der Waals surface area contributed by atoms with Crippen LogP contribution in [0.4, 0.5) is 5.82 Å². The van der Waals surface area contributed by atoms with Crippen molar-refractivity contribution >= 4 is 28.4 Å². The molecule has 88 valence electrons. The highest BCUT2D eigenvalue weighted by Crippen LogP contribution is 2.28. The Labute approximate surface area is 109 Å². The van der Waals surface area contributed by atoms with Gasteiger partial charge in [-0.1, -0.05) is 42.1 Å². The fourth-order valence-electron chi connectivity index (χ4n) is 1.73. The van der Waals surface area contributed by atoms with Crippen molar-refractivity contribution in [3.8, 4) is 0 Å². The summed E-state index contributed by atoms with van der Waals surface area (Å²) in [7, 11) is 0. The molecular weight excluding hydrogens is 242 g/mol. The molecule has 2 N–H and O–H groups in total. The predicted molar refractivity (Wildman–Crippen MR) is 74.5 cm³/mol. The van der Waals surface area contributed by atoms with E-state index in [0.717, 1.165) is 9.92 Å². The molecule has 3 nitrogen and oxygen atoms in total. The van der Waals surface area contributed by atoms with Crippen molar-refractivity contribution in [3.05, 3.63) is 54.9 Å². The van der Waals surface area contributed by atoms with Gasteiger partial charge in [-0.2, -0.15) is 0 Å². The van der Waals surface area contributed by atoms with Crippen molar-refractivity contribution in [3.63, 3.8) is 0 Å². The van der Waals surface area contributed by atoms with E-state index in [1.807, 2.05) is 12.1 Å². The van der Waals surface area contributed by atoms with Gasteiger partial charge >= 0.3 is 0 Å². The molecule has 0 aliphatic rings. The van der Waals surface area contributed by atoms with Crippen molar-refractivity contribution in [1.82, 2.24) is 9.97 Å². The molecule has 0 radical (unpaired) electrons. The van der Waals surface area contributed by atoms with E-state index in [1.54, 1.807) is 24.2 Å². The molecule has 0 saturated carbocycles. The topological polar surface area (TPSA) is 51.8 Å². The number of rotatable bonds is 2. The van der Waals surface area contributed by atoms with E-state index in [0.29, 0.717) is 5.82 Å². The highest BCUT2D eigenvalue weighted by Gasteiger charge is 2.00. The summed E-state index contributed by atoms with van der Waals surface area (Å²) in [6.45, 7) is 0. The van der Waals surface area contributed by atoms with Gasteiger partial charge in [-0.3, -0.25) is 0 Å². The van der Waals surface area contributed by atoms with Crippen molar-refractivity contribution in [2.75, 3.05) is 5.73 Å². The van der Waals surface area contributed by atoms with Crippen molar-refractivity contribution in [1.29, 1.82) is 0 Å². The lowest BCUT2D eigenvalue weighted by Gasteiger charge is -2.03. The Morgan fingerprint density at radius 1 is 0.889 bits per heavy atom. The van der Waals surface area contributed by atoms with Gasteiger partial charge in [0.1, 0.15) is 10.8 Å². The number of fused-ring (bicyclic) bond motifs is 1. The number of benzene rings is 2. The van der Waals surface area contributed by atoms with E-state index in [9.17, 15) is 0 Å². The van der Waals surface area contributed by atoms with Gasteiger partial charge in [-0.05, 0) is 22.9 Å². The molecule has 0 fully saturated rings. The zero-order valence-electron chi connectivity index (χ0n) is 9.58. The number of aromatic nitrogens is 2. The quantitative estimate of drug-likeness (QED) is 0.760. The van der Waals surface area contributed by atoms with Gasteiger partial charge in [0.2, 0.25) is 0 Å². The third kappa shape index (κ3) is 2.28. The summed E-state index contributed by atoms with van der Waals surface area (Å²) in [6.07, 6.45) is 3.26. The molecule has 0 unspecified atom stereocenters. The van der Waals surface area contributed by atoms with E-state index >= 15 is 0 Å². The summed E-state index contributed by atoms with van der Waals surface area (Å²) in [6, 6.07) is 14.6. The molecule has 0 amide bonds. The van der Waals surface area contributed by atoms with Crippen LogP contribution in [0.3, 0.4) is 0 Å². The molecule has 2 aromatic carbocycles. The monoisotopic (exact) mass is 253 g/mol. The lowest BCUT2D eigenvalue weighted by atomic mass is 10.1. The molecule has 1 heterocycles. The summed E-state index contributed by atoms with van der Waals surface area (Å²) >= 11 is 1.58. The summed E-state index contributed by atoms with van der Waals surface area (Å²) < 4.78 is 0. The minimum atomic E-state index is 0.442. The number of nitrogens with two attached hydrogens (primary N) is 1. The van der Waals surface area contributed by atoms with Crippen LogP contribution in [0.1, 0.15) is 0 Å². The third-order valence-corrected chi connectivity index (χ3v) is 3.50. The van der Waals surface area contributed by atoms with E-state index in [4.69, 9.17) is 5.73 Å². The molecule has 3 rings (SSSR count). The Bertz CT molecular complexity index is 680. The number of nitrogens with zero attached hydrogens (tertiary/aromatic N) is 2. The zero-order chi connectivity index (χ0) is 12.4. The first kappa shape index (κ1) is 11.0. The first-order valence-corrected chi connectivity index (χ1v) is 6.37. The Morgan fingerprint density at radius 3 is 2.50 bits per heavy atom. The number of hydrogen-bond acceptors (Lipinski definition) is 4. The summed E-state index contributed by atoms with van der Waals surface area (Å²) in [5, 5.41) is 3.32.